The predicted molar refractivity (Wildman–Crippen MR) is 66.8 cm³/mol. The molecule has 5 nitrogen and oxygen atoms in total. The molecule has 0 amide bonds. The first-order valence-corrected chi connectivity index (χ1v) is 6.66. The van der Waals surface area contributed by atoms with Crippen molar-refractivity contribution in [2.75, 3.05) is 0 Å². The lowest BCUT2D eigenvalue weighted by Crippen LogP contribution is -2.28. The van der Waals surface area contributed by atoms with Crippen LogP contribution < -0.4 is 11.4 Å². The van der Waals surface area contributed by atoms with Crippen LogP contribution in [0.25, 0.3) is 0 Å². The summed E-state index contributed by atoms with van der Waals surface area (Å²) in [7, 11) is 0. The van der Waals surface area contributed by atoms with Crippen molar-refractivity contribution in [2.45, 2.75) is 64.0 Å². The number of nitrogens with two attached hydrogens (primary N) is 1. The van der Waals surface area contributed by atoms with Crippen molar-refractivity contribution in [3.63, 3.8) is 0 Å². The highest BCUT2D eigenvalue weighted by atomic mass is 16.1. The summed E-state index contributed by atoms with van der Waals surface area (Å²) in [5.41, 5.74) is 5.99. The second-order valence-electron chi connectivity index (χ2n) is 4.94. The van der Waals surface area contributed by atoms with Gasteiger partial charge in [0.15, 0.2) is 5.82 Å². The minimum atomic E-state index is -0.124. The van der Waals surface area contributed by atoms with Crippen LogP contribution in [0, 0.1) is 0 Å². The molecule has 1 aromatic heterocycles. The van der Waals surface area contributed by atoms with E-state index in [0.29, 0.717) is 6.04 Å². The van der Waals surface area contributed by atoms with Crippen molar-refractivity contribution in [3.8, 4) is 0 Å². The third-order valence-electron chi connectivity index (χ3n) is 3.60. The van der Waals surface area contributed by atoms with E-state index < -0.39 is 0 Å². The Hall–Kier alpha value is -1.10. The van der Waals surface area contributed by atoms with E-state index in [1.165, 1.54) is 19.3 Å². The molecule has 17 heavy (non-hydrogen) atoms. The van der Waals surface area contributed by atoms with Gasteiger partial charge in [0, 0.05) is 6.04 Å². The van der Waals surface area contributed by atoms with E-state index in [1.807, 2.05) is 0 Å². The molecule has 5 heteroatoms. The number of hydrogen-bond donors (Lipinski definition) is 2. The van der Waals surface area contributed by atoms with Crippen LogP contribution in [0.2, 0.25) is 0 Å². The fraction of sp³-hybridized carbons (Fsp3) is 0.833. The number of aromatic nitrogens is 3. The van der Waals surface area contributed by atoms with Gasteiger partial charge in [0.25, 0.3) is 0 Å². The summed E-state index contributed by atoms with van der Waals surface area (Å²) in [6.07, 6.45) is 7.70. The average Bonchev–Trinajstić information content (AvgIpc) is 2.73. The summed E-state index contributed by atoms with van der Waals surface area (Å²) in [4.78, 5) is 11.8. The molecule has 1 fully saturated rings. The van der Waals surface area contributed by atoms with Crippen LogP contribution in [0.5, 0.6) is 0 Å². The normalized spacial score (nSPS) is 19.4. The third kappa shape index (κ3) is 2.60. The second-order valence-corrected chi connectivity index (χ2v) is 4.94. The monoisotopic (exact) mass is 238 g/mol. The zero-order valence-electron chi connectivity index (χ0n) is 10.5. The predicted octanol–water partition coefficient (Wildman–Crippen LogP) is 1.88. The van der Waals surface area contributed by atoms with Gasteiger partial charge in [-0.3, -0.25) is 4.57 Å². The lowest BCUT2D eigenvalue weighted by Gasteiger charge is -2.24. The first-order valence-electron chi connectivity index (χ1n) is 6.66. The Morgan fingerprint density at radius 3 is 2.82 bits per heavy atom. The number of rotatable bonds is 4. The first-order chi connectivity index (χ1) is 8.24. The molecule has 1 saturated carbocycles. The van der Waals surface area contributed by atoms with E-state index >= 15 is 0 Å². The summed E-state index contributed by atoms with van der Waals surface area (Å²) < 4.78 is 1.81. The first kappa shape index (κ1) is 12.4. The van der Waals surface area contributed by atoms with E-state index in [2.05, 4.69) is 17.1 Å². The highest BCUT2D eigenvalue weighted by Crippen LogP contribution is 2.28. The molecule has 0 saturated heterocycles. The second kappa shape index (κ2) is 5.49. The Bertz CT molecular complexity index is 403. The molecule has 1 aliphatic rings. The highest BCUT2D eigenvalue weighted by molar-refractivity contribution is 4.97. The van der Waals surface area contributed by atoms with Gasteiger partial charge < -0.3 is 5.73 Å². The topological polar surface area (TPSA) is 76.7 Å². The molecule has 3 N–H and O–H groups in total. The van der Waals surface area contributed by atoms with Gasteiger partial charge in [-0.1, -0.05) is 32.6 Å². The molecule has 0 spiro atoms. The van der Waals surface area contributed by atoms with E-state index in [4.69, 9.17) is 5.73 Å². The fourth-order valence-corrected chi connectivity index (χ4v) is 2.71. The maximum absolute atomic E-state index is 11.8. The Labute approximate surface area is 101 Å². The smallest absolute Gasteiger partial charge is 0.321 e. The molecule has 0 aromatic carbocycles. The van der Waals surface area contributed by atoms with Gasteiger partial charge in [0.1, 0.15) is 0 Å². The Morgan fingerprint density at radius 2 is 2.18 bits per heavy atom. The maximum Gasteiger partial charge on any atom is 0.343 e. The lowest BCUT2D eigenvalue weighted by molar-refractivity contribution is 0.332. The Kier molecular flexibility index (Phi) is 3.99. The van der Waals surface area contributed by atoms with Gasteiger partial charge in [0.05, 0.1) is 6.04 Å². The van der Waals surface area contributed by atoms with Crippen LogP contribution in [-0.2, 0) is 0 Å². The average molecular weight is 238 g/mol. The van der Waals surface area contributed by atoms with Crippen molar-refractivity contribution >= 4 is 0 Å². The molecule has 0 aliphatic heterocycles. The SMILES string of the molecule is CCCC(N)c1n[nH]c(=O)n1C1CCCCC1. The summed E-state index contributed by atoms with van der Waals surface area (Å²) in [5, 5.41) is 6.66. The van der Waals surface area contributed by atoms with E-state index in [9.17, 15) is 4.79 Å². The van der Waals surface area contributed by atoms with E-state index in [0.717, 1.165) is 31.5 Å². The number of H-pyrrole nitrogens is 1. The zero-order valence-corrected chi connectivity index (χ0v) is 10.5. The van der Waals surface area contributed by atoms with Gasteiger partial charge in [-0.2, -0.15) is 5.10 Å². The molecular formula is C12H22N4O. The quantitative estimate of drug-likeness (QED) is 0.840. The van der Waals surface area contributed by atoms with Crippen molar-refractivity contribution in [3.05, 3.63) is 16.3 Å². The highest BCUT2D eigenvalue weighted by Gasteiger charge is 2.23. The Morgan fingerprint density at radius 1 is 1.47 bits per heavy atom. The molecule has 1 unspecified atom stereocenters. The molecule has 2 rings (SSSR count). The molecule has 1 aromatic rings. The summed E-state index contributed by atoms with van der Waals surface area (Å²) >= 11 is 0. The van der Waals surface area contributed by atoms with Crippen LogP contribution in [0.3, 0.4) is 0 Å². The maximum atomic E-state index is 11.8. The van der Waals surface area contributed by atoms with Gasteiger partial charge in [0.2, 0.25) is 0 Å². The number of nitrogens with one attached hydrogen (secondary N) is 1. The largest absolute Gasteiger partial charge is 0.343 e. The minimum Gasteiger partial charge on any atom is -0.321 e. The van der Waals surface area contributed by atoms with Gasteiger partial charge >= 0.3 is 5.69 Å². The van der Waals surface area contributed by atoms with Crippen LogP contribution in [0.15, 0.2) is 4.79 Å². The van der Waals surface area contributed by atoms with Gasteiger partial charge in [-0.25, -0.2) is 9.89 Å². The number of nitrogens with zero attached hydrogens (tertiary/aromatic N) is 2. The van der Waals surface area contributed by atoms with E-state index in [1.54, 1.807) is 4.57 Å². The molecule has 1 aliphatic carbocycles. The lowest BCUT2D eigenvalue weighted by atomic mass is 9.95. The standard InChI is InChI=1S/C12H22N4O/c1-2-6-10(13)11-14-15-12(17)16(11)9-7-4-3-5-8-9/h9-10H,2-8,13H2,1H3,(H,15,17). The van der Waals surface area contributed by atoms with Crippen LogP contribution in [0.4, 0.5) is 0 Å². The Balaban J connectivity index is 2.25. The van der Waals surface area contributed by atoms with Crippen LogP contribution >= 0.6 is 0 Å². The summed E-state index contributed by atoms with van der Waals surface area (Å²) in [6.45, 7) is 2.09. The van der Waals surface area contributed by atoms with Crippen LogP contribution in [0.1, 0.15) is 69.8 Å². The molecular weight excluding hydrogens is 216 g/mol. The summed E-state index contributed by atoms with van der Waals surface area (Å²) in [5.74, 6) is 0.740. The molecule has 1 heterocycles. The molecule has 0 bridgehead atoms. The molecule has 1 atom stereocenters. The third-order valence-corrected chi connectivity index (χ3v) is 3.60. The zero-order chi connectivity index (χ0) is 12.3. The minimum absolute atomic E-state index is 0.0987. The van der Waals surface area contributed by atoms with Gasteiger partial charge in [-0.05, 0) is 19.3 Å². The number of hydrogen-bond acceptors (Lipinski definition) is 3. The molecule has 96 valence electrons. The van der Waals surface area contributed by atoms with Crippen molar-refractivity contribution < 1.29 is 0 Å². The number of aromatic amines is 1. The van der Waals surface area contributed by atoms with Crippen LogP contribution in [-0.4, -0.2) is 14.8 Å². The van der Waals surface area contributed by atoms with E-state index in [-0.39, 0.29) is 11.7 Å². The fourth-order valence-electron chi connectivity index (χ4n) is 2.71. The van der Waals surface area contributed by atoms with Crippen molar-refractivity contribution in [1.29, 1.82) is 0 Å². The van der Waals surface area contributed by atoms with Crippen molar-refractivity contribution in [2.24, 2.45) is 5.73 Å². The van der Waals surface area contributed by atoms with Gasteiger partial charge in [-0.15, -0.1) is 0 Å². The molecule has 0 radical (unpaired) electrons. The summed E-state index contributed by atoms with van der Waals surface area (Å²) in [6, 6.07) is 0.175. The van der Waals surface area contributed by atoms with Crippen molar-refractivity contribution in [1.82, 2.24) is 14.8 Å².